The number of nitrogens with one attached hydrogen (secondary N) is 2. The number of amides is 2. The second-order valence-electron chi connectivity index (χ2n) is 7.11. The lowest BCUT2D eigenvalue weighted by Crippen LogP contribution is -2.49. The molecule has 1 aliphatic rings. The van der Waals surface area contributed by atoms with E-state index in [1.54, 1.807) is 6.92 Å². The molecule has 0 saturated carbocycles. The van der Waals surface area contributed by atoms with E-state index in [0.29, 0.717) is 12.2 Å². The van der Waals surface area contributed by atoms with Crippen molar-refractivity contribution < 1.29 is 24.7 Å². The van der Waals surface area contributed by atoms with Crippen molar-refractivity contribution in [1.29, 1.82) is 0 Å². The first-order chi connectivity index (χ1) is 12.8. The van der Waals surface area contributed by atoms with E-state index >= 15 is 0 Å². The van der Waals surface area contributed by atoms with Gasteiger partial charge in [-0.2, -0.15) is 0 Å². The van der Waals surface area contributed by atoms with Gasteiger partial charge in [0.15, 0.2) is 0 Å². The average molecular weight is 374 g/mol. The zero-order valence-electron chi connectivity index (χ0n) is 15.2. The van der Waals surface area contributed by atoms with Gasteiger partial charge in [-0.05, 0) is 44.4 Å². The van der Waals surface area contributed by atoms with Gasteiger partial charge >= 0.3 is 5.97 Å². The van der Waals surface area contributed by atoms with Crippen LogP contribution in [-0.4, -0.2) is 55.6 Å². The van der Waals surface area contributed by atoms with Gasteiger partial charge in [0.05, 0.1) is 11.0 Å². The van der Waals surface area contributed by atoms with E-state index in [-0.39, 0.29) is 25.3 Å². The van der Waals surface area contributed by atoms with Gasteiger partial charge in [-0.25, -0.2) is 10.5 Å². The predicted molar refractivity (Wildman–Crippen MR) is 95.1 cm³/mol. The topological polar surface area (TPSA) is 136 Å². The Hall–Kier alpha value is -2.94. The number of hydroxylamine groups is 1. The first-order valence-electron chi connectivity index (χ1n) is 8.70. The number of carbonyl (C=O) groups excluding carboxylic acids is 2. The van der Waals surface area contributed by atoms with E-state index in [9.17, 15) is 14.4 Å². The first-order valence-corrected chi connectivity index (χ1v) is 8.70. The molecule has 1 saturated heterocycles. The van der Waals surface area contributed by atoms with Crippen LogP contribution in [0.5, 0.6) is 0 Å². The van der Waals surface area contributed by atoms with E-state index in [2.05, 4.69) is 9.97 Å². The number of imidazole rings is 1. The van der Waals surface area contributed by atoms with Crippen LogP contribution in [-0.2, 0) is 19.8 Å². The summed E-state index contributed by atoms with van der Waals surface area (Å²) in [6.45, 7) is 3.98. The number of aliphatic carboxylic acids is 1. The first kappa shape index (κ1) is 18.8. The molecule has 9 nitrogen and oxygen atoms in total. The normalized spacial score (nSPS) is 20.9. The van der Waals surface area contributed by atoms with Crippen molar-refractivity contribution in [3.8, 4) is 0 Å². The fourth-order valence-electron chi connectivity index (χ4n) is 3.53. The Morgan fingerprint density at radius 2 is 2.19 bits per heavy atom. The van der Waals surface area contributed by atoms with Gasteiger partial charge in [0.25, 0.3) is 5.91 Å². The molecular weight excluding hydrogens is 352 g/mol. The summed E-state index contributed by atoms with van der Waals surface area (Å²) >= 11 is 0. The number of H-pyrrole nitrogens is 1. The van der Waals surface area contributed by atoms with Crippen molar-refractivity contribution >= 4 is 28.8 Å². The quantitative estimate of drug-likeness (QED) is 0.442. The average Bonchev–Trinajstić information content (AvgIpc) is 3.18. The molecule has 27 heavy (non-hydrogen) atoms. The summed E-state index contributed by atoms with van der Waals surface area (Å²) in [5.41, 5.74) is 3.22. The van der Waals surface area contributed by atoms with Crippen LogP contribution in [0.4, 0.5) is 0 Å². The third kappa shape index (κ3) is 3.37. The molecule has 3 rings (SSSR count). The summed E-state index contributed by atoms with van der Waals surface area (Å²) in [7, 11) is 0. The van der Waals surface area contributed by atoms with Gasteiger partial charge in [0, 0.05) is 13.0 Å². The molecule has 2 aromatic rings. The zero-order valence-corrected chi connectivity index (χ0v) is 15.2. The number of hydrogen-bond donors (Lipinski definition) is 4. The van der Waals surface area contributed by atoms with Crippen LogP contribution < -0.4 is 5.48 Å². The number of benzene rings is 1. The van der Waals surface area contributed by atoms with Crippen LogP contribution >= 0.6 is 0 Å². The largest absolute Gasteiger partial charge is 0.481 e. The van der Waals surface area contributed by atoms with Gasteiger partial charge in [-0.3, -0.25) is 19.6 Å². The van der Waals surface area contributed by atoms with Gasteiger partial charge in [0.2, 0.25) is 5.91 Å². The number of likely N-dealkylation sites (tertiary alicyclic amines) is 1. The molecule has 1 aromatic heterocycles. The van der Waals surface area contributed by atoms with Crippen LogP contribution in [0.25, 0.3) is 11.0 Å². The van der Waals surface area contributed by atoms with E-state index in [0.717, 1.165) is 16.6 Å². The predicted octanol–water partition coefficient (Wildman–Crippen LogP) is 1.10. The van der Waals surface area contributed by atoms with Crippen molar-refractivity contribution in [2.45, 2.75) is 44.6 Å². The summed E-state index contributed by atoms with van der Waals surface area (Å²) in [6, 6.07) is 4.71. The maximum atomic E-state index is 13.1. The van der Waals surface area contributed by atoms with E-state index in [4.69, 9.17) is 10.3 Å². The van der Waals surface area contributed by atoms with E-state index in [1.807, 2.05) is 25.1 Å². The highest BCUT2D eigenvalue weighted by atomic mass is 16.5. The minimum Gasteiger partial charge on any atom is -0.481 e. The maximum Gasteiger partial charge on any atom is 0.303 e. The molecule has 1 aromatic carbocycles. The molecule has 2 amide bonds. The fraction of sp³-hybridized carbons (Fsp3) is 0.444. The lowest BCUT2D eigenvalue weighted by Gasteiger charge is -2.27. The number of rotatable bonds is 6. The Morgan fingerprint density at radius 1 is 1.44 bits per heavy atom. The highest BCUT2D eigenvalue weighted by molar-refractivity contribution is 5.94. The Labute approximate surface area is 155 Å². The van der Waals surface area contributed by atoms with Crippen molar-refractivity contribution in [3.05, 3.63) is 29.6 Å². The number of carboxylic acids is 1. The maximum absolute atomic E-state index is 13.1. The lowest BCUT2D eigenvalue weighted by molar-refractivity contribution is -0.145. The molecule has 0 radical (unpaired) electrons. The van der Waals surface area contributed by atoms with Crippen molar-refractivity contribution in [2.75, 3.05) is 6.54 Å². The van der Waals surface area contributed by atoms with Gasteiger partial charge in [-0.1, -0.05) is 6.07 Å². The number of aromatic amines is 1. The Kier molecular flexibility index (Phi) is 4.88. The molecule has 0 bridgehead atoms. The molecular formula is C18H22N4O5. The summed E-state index contributed by atoms with van der Waals surface area (Å²) in [5.74, 6) is -1.68. The second kappa shape index (κ2) is 6.99. The minimum absolute atomic E-state index is 0.0805. The fourth-order valence-corrected chi connectivity index (χ4v) is 3.53. The van der Waals surface area contributed by atoms with Crippen molar-refractivity contribution in [3.63, 3.8) is 0 Å². The number of hydrogen-bond acceptors (Lipinski definition) is 5. The molecule has 1 aliphatic heterocycles. The number of fused-ring (bicyclic) bond motifs is 1. The van der Waals surface area contributed by atoms with Gasteiger partial charge in [0.1, 0.15) is 17.3 Å². The van der Waals surface area contributed by atoms with Crippen LogP contribution in [0, 0.1) is 6.92 Å². The van der Waals surface area contributed by atoms with Crippen LogP contribution in [0.1, 0.15) is 37.6 Å². The molecule has 2 heterocycles. The summed E-state index contributed by atoms with van der Waals surface area (Å²) < 4.78 is 0. The SMILES string of the molecule is Cc1ccc2nc(C3(C)CCN(C(CCC(=O)O)C(=O)NO)C3=O)[nH]c2c1. The van der Waals surface area contributed by atoms with Crippen molar-refractivity contribution in [2.24, 2.45) is 0 Å². The van der Waals surface area contributed by atoms with Crippen LogP contribution in [0.15, 0.2) is 18.2 Å². The number of aromatic nitrogens is 2. The number of carbonyl (C=O) groups is 3. The third-order valence-electron chi connectivity index (χ3n) is 5.17. The molecule has 9 heteroatoms. The van der Waals surface area contributed by atoms with Gasteiger partial charge in [-0.15, -0.1) is 0 Å². The number of nitrogens with zero attached hydrogens (tertiary/aromatic N) is 2. The minimum atomic E-state index is -1.08. The molecule has 1 fully saturated rings. The molecule has 2 atom stereocenters. The summed E-state index contributed by atoms with van der Waals surface area (Å²) in [6.07, 6.45) is 0.0539. The zero-order chi connectivity index (χ0) is 19.8. The Balaban J connectivity index is 1.90. The third-order valence-corrected chi connectivity index (χ3v) is 5.17. The summed E-state index contributed by atoms with van der Waals surface area (Å²) in [4.78, 5) is 45.1. The lowest BCUT2D eigenvalue weighted by atomic mass is 9.88. The Bertz CT molecular complexity index is 908. The van der Waals surface area contributed by atoms with E-state index in [1.165, 1.54) is 10.4 Å². The number of carboxylic acid groups (broad SMARTS) is 1. The van der Waals surface area contributed by atoms with E-state index < -0.39 is 23.3 Å². The highest BCUT2D eigenvalue weighted by Gasteiger charge is 2.49. The smallest absolute Gasteiger partial charge is 0.303 e. The molecule has 144 valence electrons. The Morgan fingerprint density at radius 3 is 2.85 bits per heavy atom. The molecule has 2 unspecified atom stereocenters. The standard InChI is InChI=1S/C18H22N4O5/c1-10-3-4-11-12(9-10)20-16(19-11)18(2)7-8-22(17(18)26)13(15(25)21-27)5-6-14(23)24/h3-4,9,13,27H,5-8H2,1-2H3,(H,19,20)(H,21,25)(H,23,24). The van der Waals surface area contributed by atoms with Crippen LogP contribution in [0.3, 0.4) is 0 Å². The van der Waals surface area contributed by atoms with Crippen molar-refractivity contribution in [1.82, 2.24) is 20.3 Å². The van der Waals surface area contributed by atoms with Gasteiger partial charge < -0.3 is 15.0 Å². The highest BCUT2D eigenvalue weighted by Crippen LogP contribution is 2.36. The number of aryl methyl sites for hydroxylation is 1. The second-order valence-corrected chi connectivity index (χ2v) is 7.11. The molecule has 0 spiro atoms. The molecule has 0 aliphatic carbocycles. The summed E-state index contributed by atoms with van der Waals surface area (Å²) in [5, 5.41) is 17.9. The monoisotopic (exact) mass is 374 g/mol. The molecule has 4 N–H and O–H groups in total. The van der Waals surface area contributed by atoms with Crippen LogP contribution in [0.2, 0.25) is 0 Å².